The number of ether oxygens (including phenoxy) is 1. The van der Waals surface area contributed by atoms with Crippen LogP contribution in [-0.2, 0) is 9.53 Å². The average Bonchev–Trinajstić information content (AvgIpc) is 2.33. The lowest BCUT2D eigenvalue weighted by Gasteiger charge is -2.40. The van der Waals surface area contributed by atoms with E-state index < -0.39 is 43.2 Å². The molecule has 1 fully saturated rings. The second-order valence-electron chi connectivity index (χ2n) is 3.59. The SMILES string of the molecule is C=CC(=O)NN[C@H]1C(O)O[C@H](CO)[C@@H](O)[C@@H]1O. The fourth-order valence-corrected chi connectivity index (χ4v) is 1.46. The monoisotopic (exact) mass is 248 g/mol. The predicted molar refractivity (Wildman–Crippen MR) is 55.2 cm³/mol. The highest BCUT2D eigenvalue weighted by Gasteiger charge is 2.43. The molecular weight excluding hydrogens is 232 g/mol. The molecule has 1 unspecified atom stereocenters. The van der Waals surface area contributed by atoms with Gasteiger partial charge in [0.25, 0.3) is 5.91 Å². The van der Waals surface area contributed by atoms with Gasteiger partial charge in [-0.1, -0.05) is 6.58 Å². The first kappa shape index (κ1) is 14.0. The van der Waals surface area contributed by atoms with Crippen LogP contribution >= 0.6 is 0 Å². The van der Waals surface area contributed by atoms with E-state index in [0.29, 0.717) is 0 Å². The van der Waals surface area contributed by atoms with Gasteiger partial charge in [0.2, 0.25) is 0 Å². The van der Waals surface area contributed by atoms with Crippen LogP contribution in [0.1, 0.15) is 0 Å². The third-order valence-corrected chi connectivity index (χ3v) is 2.45. The molecule has 1 amide bonds. The molecular formula is C9H16N2O6. The molecule has 0 aromatic carbocycles. The van der Waals surface area contributed by atoms with E-state index in [2.05, 4.69) is 17.4 Å². The molecule has 0 aromatic rings. The number of aliphatic hydroxyl groups is 4. The summed E-state index contributed by atoms with van der Waals surface area (Å²) in [6.45, 7) is 2.67. The highest BCUT2D eigenvalue weighted by Crippen LogP contribution is 2.19. The largest absolute Gasteiger partial charge is 0.394 e. The van der Waals surface area contributed by atoms with Gasteiger partial charge in [0.15, 0.2) is 6.29 Å². The number of carbonyl (C=O) groups excluding carboxylic acids is 1. The minimum atomic E-state index is -1.48. The van der Waals surface area contributed by atoms with Gasteiger partial charge in [-0.15, -0.1) is 0 Å². The van der Waals surface area contributed by atoms with Crippen LogP contribution in [0.3, 0.4) is 0 Å². The average molecular weight is 248 g/mol. The second kappa shape index (κ2) is 6.05. The minimum Gasteiger partial charge on any atom is -0.394 e. The molecule has 1 aliphatic rings. The number of hydrogen-bond acceptors (Lipinski definition) is 7. The van der Waals surface area contributed by atoms with Crippen molar-refractivity contribution in [2.75, 3.05) is 6.61 Å². The van der Waals surface area contributed by atoms with E-state index in [4.69, 9.17) is 9.84 Å². The number of hydrogen-bond donors (Lipinski definition) is 6. The van der Waals surface area contributed by atoms with E-state index in [0.717, 1.165) is 6.08 Å². The van der Waals surface area contributed by atoms with E-state index in [-0.39, 0.29) is 0 Å². The van der Waals surface area contributed by atoms with Crippen LogP contribution in [0.5, 0.6) is 0 Å². The van der Waals surface area contributed by atoms with Crippen molar-refractivity contribution >= 4 is 5.91 Å². The molecule has 0 spiro atoms. The maximum Gasteiger partial charge on any atom is 0.257 e. The van der Waals surface area contributed by atoms with Crippen LogP contribution in [0.4, 0.5) is 0 Å². The number of carbonyl (C=O) groups is 1. The number of rotatable bonds is 4. The topological polar surface area (TPSA) is 131 Å². The van der Waals surface area contributed by atoms with E-state index in [9.17, 15) is 20.1 Å². The third-order valence-electron chi connectivity index (χ3n) is 2.45. The molecule has 0 bridgehead atoms. The van der Waals surface area contributed by atoms with Gasteiger partial charge in [-0.2, -0.15) is 0 Å². The molecule has 1 heterocycles. The van der Waals surface area contributed by atoms with Crippen molar-refractivity contribution in [3.8, 4) is 0 Å². The summed E-state index contributed by atoms with van der Waals surface area (Å²) in [6.07, 6.45) is -4.34. The molecule has 0 radical (unpaired) electrons. The van der Waals surface area contributed by atoms with Gasteiger partial charge < -0.3 is 25.2 Å². The lowest BCUT2D eigenvalue weighted by Crippen LogP contribution is -2.65. The summed E-state index contributed by atoms with van der Waals surface area (Å²) in [5, 5.41) is 37.5. The Morgan fingerprint density at radius 3 is 2.53 bits per heavy atom. The highest BCUT2D eigenvalue weighted by molar-refractivity contribution is 5.86. The summed E-state index contributed by atoms with van der Waals surface area (Å²) in [5.74, 6) is -0.567. The molecule has 0 aliphatic carbocycles. The summed E-state index contributed by atoms with van der Waals surface area (Å²) in [6, 6.07) is -1.11. The first-order valence-electron chi connectivity index (χ1n) is 4.99. The molecule has 5 atom stereocenters. The lowest BCUT2D eigenvalue weighted by atomic mass is 9.98. The van der Waals surface area contributed by atoms with Gasteiger partial charge in [-0.05, 0) is 6.08 Å². The van der Waals surface area contributed by atoms with Crippen molar-refractivity contribution in [3.63, 3.8) is 0 Å². The molecule has 1 aliphatic heterocycles. The van der Waals surface area contributed by atoms with Crippen LogP contribution < -0.4 is 10.9 Å². The minimum absolute atomic E-state index is 0.541. The van der Waals surface area contributed by atoms with E-state index in [1.807, 2.05) is 0 Å². The first-order chi connectivity index (χ1) is 8.01. The first-order valence-corrected chi connectivity index (χ1v) is 4.99. The van der Waals surface area contributed by atoms with Gasteiger partial charge in [0, 0.05) is 0 Å². The standard InChI is InChI=1S/C9H16N2O6/c1-2-5(13)10-11-6-8(15)7(14)4(3-12)17-9(6)16/h2,4,6-9,11-12,14-16H,1,3H2,(H,10,13)/t4-,6-,7-,8-,9?/m1/s1. The van der Waals surface area contributed by atoms with E-state index in [1.54, 1.807) is 0 Å². The molecule has 0 aromatic heterocycles. The fourth-order valence-electron chi connectivity index (χ4n) is 1.46. The molecule has 1 saturated heterocycles. The van der Waals surface area contributed by atoms with Gasteiger partial charge in [-0.25, -0.2) is 5.43 Å². The number of nitrogens with one attached hydrogen (secondary N) is 2. The molecule has 17 heavy (non-hydrogen) atoms. The zero-order chi connectivity index (χ0) is 13.0. The maximum atomic E-state index is 10.9. The summed E-state index contributed by atoms with van der Waals surface area (Å²) in [4.78, 5) is 10.9. The summed E-state index contributed by atoms with van der Waals surface area (Å²) in [5.41, 5.74) is 4.45. The van der Waals surface area contributed by atoms with Gasteiger partial charge in [0.1, 0.15) is 24.4 Å². The number of hydrazine groups is 1. The van der Waals surface area contributed by atoms with Crippen LogP contribution in [0.2, 0.25) is 0 Å². The Kier molecular flexibility index (Phi) is 5.00. The molecule has 0 saturated carbocycles. The Hall–Kier alpha value is -1.03. The molecule has 98 valence electrons. The van der Waals surface area contributed by atoms with E-state index >= 15 is 0 Å². The molecule has 6 N–H and O–H groups in total. The maximum absolute atomic E-state index is 10.9. The molecule has 8 nitrogen and oxygen atoms in total. The Balaban J connectivity index is 2.60. The third kappa shape index (κ3) is 3.22. The summed E-state index contributed by atoms with van der Waals surface area (Å²) < 4.78 is 4.85. The van der Waals surface area contributed by atoms with Gasteiger partial charge in [-0.3, -0.25) is 10.2 Å². The lowest BCUT2D eigenvalue weighted by molar-refractivity contribution is -0.255. The van der Waals surface area contributed by atoms with E-state index in [1.165, 1.54) is 0 Å². The summed E-state index contributed by atoms with van der Waals surface area (Å²) in [7, 11) is 0. The van der Waals surface area contributed by atoms with Crippen molar-refractivity contribution in [2.45, 2.75) is 30.6 Å². The predicted octanol–water partition coefficient (Wildman–Crippen LogP) is -3.41. The van der Waals surface area contributed by atoms with Crippen LogP contribution in [-0.4, -0.2) is 63.6 Å². The van der Waals surface area contributed by atoms with Crippen LogP contribution in [0.25, 0.3) is 0 Å². The molecule has 1 rings (SSSR count). The van der Waals surface area contributed by atoms with Crippen molar-refractivity contribution in [3.05, 3.63) is 12.7 Å². The summed E-state index contributed by atoms with van der Waals surface area (Å²) >= 11 is 0. The van der Waals surface area contributed by atoms with Crippen molar-refractivity contribution in [2.24, 2.45) is 0 Å². The number of aliphatic hydroxyl groups excluding tert-OH is 4. The normalized spacial score (nSPS) is 37.5. The van der Waals surface area contributed by atoms with Gasteiger partial charge >= 0.3 is 0 Å². The number of amides is 1. The van der Waals surface area contributed by atoms with Crippen molar-refractivity contribution in [1.29, 1.82) is 0 Å². The smallest absolute Gasteiger partial charge is 0.257 e. The Bertz CT molecular complexity index is 287. The Morgan fingerprint density at radius 1 is 1.35 bits per heavy atom. The Morgan fingerprint density at radius 2 is 2.00 bits per heavy atom. The van der Waals surface area contributed by atoms with Gasteiger partial charge in [0.05, 0.1) is 6.61 Å². The van der Waals surface area contributed by atoms with Crippen LogP contribution in [0.15, 0.2) is 12.7 Å². The quantitative estimate of drug-likeness (QED) is 0.226. The van der Waals surface area contributed by atoms with Crippen molar-refractivity contribution < 1.29 is 30.0 Å². The van der Waals surface area contributed by atoms with Crippen molar-refractivity contribution in [1.82, 2.24) is 10.9 Å². The zero-order valence-corrected chi connectivity index (χ0v) is 8.98. The Labute approximate surface area is 97.5 Å². The fraction of sp³-hybridized carbons (Fsp3) is 0.667. The second-order valence-corrected chi connectivity index (χ2v) is 3.59. The highest BCUT2D eigenvalue weighted by atomic mass is 16.6. The zero-order valence-electron chi connectivity index (χ0n) is 8.98. The molecule has 8 heteroatoms. The van der Waals surface area contributed by atoms with Crippen LogP contribution in [0, 0.1) is 0 Å².